The second kappa shape index (κ2) is 4.93. The van der Waals surface area contributed by atoms with Crippen LogP contribution in [0.5, 0.6) is 0 Å². The molecule has 0 atom stereocenters. The molecule has 1 fully saturated rings. The predicted molar refractivity (Wildman–Crippen MR) is 73.3 cm³/mol. The summed E-state index contributed by atoms with van der Waals surface area (Å²) in [6.07, 6.45) is 2.38. The van der Waals surface area contributed by atoms with Gasteiger partial charge in [-0.2, -0.15) is 5.10 Å². The molecule has 1 aliphatic carbocycles. The molecule has 16 heavy (non-hydrogen) atoms. The zero-order valence-corrected chi connectivity index (χ0v) is 11.0. The van der Waals surface area contributed by atoms with E-state index in [9.17, 15) is 0 Å². The van der Waals surface area contributed by atoms with Crippen molar-refractivity contribution in [2.75, 3.05) is 0 Å². The second-order valence-electron chi connectivity index (χ2n) is 3.75. The first kappa shape index (κ1) is 11.5. The van der Waals surface area contributed by atoms with Gasteiger partial charge in [0.15, 0.2) is 5.11 Å². The monoisotopic (exact) mass is 297 g/mol. The maximum Gasteiger partial charge on any atom is 0.184 e. The molecule has 3 N–H and O–H groups in total. The third kappa shape index (κ3) is 3.02. The van der Waals surface area contributed by atoms with Crippen LogP contribution in [0.15, 0.2) is 33.8 Å². The molecule has 1 aliphatic rings. The first-order valence-electron chi connectivity index (χ1n) is 5.06. The lowest BCUT2D eigenvalue weighted by atomic mass is 10.1. The van der Waals surface area contributed by atoms with Crippen LogP contribution in [0.25, 0.3) is 0 Å². The Balaban J connectivity index is 2.22. The Bertz CT molecular complexity index is 423. The Morgan fingerprint density at radius 2 is 2.00 bits per heavy atom. The molecular weight excluding hydrogens is 286 g/mol. The van der Waals surface area contributed by atoms with Crippen molar-refractivity contribution < 1.29 is 0 Å². The number of rotatable bonds is 3. The average Bonchev–Trinajstić information content (AvgIpc) is 3.04. The predicted octanol–water partition coefficient (Wildman–Crippen LogP) is 2.40. The van der Waals surface area contributed by atoms with Crippen LogP contribution in [-0.4, -0.2) is 10.8 Å². The van der Waals surface area contributed by atoms with Crippen molar-refractivity contribution in [2.45, 2.75) is 12.8 Å². The molecule has 0 heterocycles. The van der Waals surface area contributed by atoms with Gasteiger partial charge in [0.05, 0.1) is 5.71 Å². The molecule has 0 unspecified atom stereocenters. The summed E-state index contributed by atoms with van der Waals surface area (Å²) >= 11 is 8.16. The molecule has 5 heteroatoms. The Morgan fingerprint density at radius 1 is 1.38 bits per heavy atom. The molecule has 0 spiro atoms. The van der Waals surface area contributed by atoms with Crippen LogP contribution < -0.4 is 11.2 Å². The minimum Gasteiger partial charge on any atom is -0.375 e. The van der Waals surface area contributed by atoms with Crippen LogP contribution in [0.3, 0.4) is 0 Å². The van der Waals surface area contributed by atoms with E-state index in [0.717, 1.165) is 15.7 Å². The lowest BCUT2D eigenvalue weighted by molar-refractivity contribution is 0.998. The van der Waals surface area contributed by atoms with E-state index in [1.807, 2.05) is 24.3 Å². The number of nitrogens with one attached hydrogen (secondary N) is 1. The third-order valence-corrected chi connectivity index (χ3v) is 3.01. The molecule has 1 aromatic carbocycles. The highest BCUT2D eigenvalue weighted by molar-refractivity contribution is 9.10. The van der Waals surface area contributed by atoms with Gasteiger partial charge in [0.2, 0.25) is 0 Å². The largest absolute Gasteiger partial charge is 0.375 e. The van der Waals surface area contributed by atoms with Crippen molar-refractivity contribution in [2.24, 2.45) is 16.8 Å². The quantitative estimate of drug-likeness (QED) is 0.512. The van der Waals surface area contributed by atoms with E-state index in [1.54, 1.807) is 0 Å². The van der Waals surface area contributed by atoms with Crippen LogP contribution in [0.4, 0.5) is 0 Å². The second-order valence-corrected chi connectivity index (χ2v) is 5.11. The van der Waals surface area contributed by atoms with Crippen molar-refractivity contribution >= 4 is 39.0 Å². The fraction of sp³-hybridized carbons (Fsp3) is 0.273. The van der Waals surface area contributed by atoms with Crippen LogP contribution in [0.2, 0.25) is 0 Å². The van der Waals surface area contributed by atoms with Crippen molar-refractivity contribution in [3.63, 3.8) is 0 Å². The zero-order chi connectivity index (χ0) is 11.5. The number of benzene rings is 1. The van der Waals surface area contributed by atoms with E-state index in [1.165, 1.54) is 12.8 Å². The molecule has 2 rings (SSSR count). The van der Waals surface area contributed by atoms with Gasteiger partial charge in [-0.25, -0.2) is 0 Å². The summed E-state index contributed by atoms with van der Waals surface area (Å²) in [6, 6.07) is 8.10. The van der Waals surface area contributed by atoms with Gasteiger partial charge in [0.25, 0.3) is 0 Å². The van der Waals surface area contributed by atoms with Gasteiger partial charge < -0.3 is 5.73 Å². The normalized spacial score (nSPS) is 15.9. The molecule has 0 bridgehead atoms. The Kier molecular flexibility index (Phi) is 3.56. The van der Waals surface area contributed by atoms with Gasteiger partial charge in [-0.1, -0.05) is 28.1 Å². The summed E-state index contributed by atoms with van der Waals surface area (Å²) in [5.41, 5.74) is 10.2. The molecule has 0 aliphatic heterocycles. The molecule has 3 nitrogen and oxygen atoms in total. The van der Waals surface area contributed by atoms with Gasteiger partial charge in [0, 0.05) is 10.4 Å². The maximum absolute atomic E-state index is 5.37. The van der Waals surface area contributed by atoms with Crippen molar-refractivity contribution in [1.82, 2.24) is 5.43 Å². The zero-order valence-electron chi connectivity index (χ0n) is 8.61. The summed E-state index contributed by atoms with van der Waals surface area (Å²) < 4.78 is 1.06. The summed E-state index contributed by atoms with van der Waals surface area (Å²) in [4.78, 5) is 0. The Morgan fingerprint density at radius 3 is 2.50 bits per heavy atom. The standard InChI is InChI=1S/C11H12BrN3S/c12-9-5-3-8(4-6-9)10(7-1-2-7)14-15-11(13)16/h3-7H,1-2H2,(H3,13,15,16)/b14-10+. The van der Waals surface area contributed by atoms with Gasteiger partial charge >= 0.3 is 0 Å². The number of halogens is 1. The number of hydrogen-bond donors (Lipinski definition) is 2. The third-order valence-electron chi connectivity index (χ3n) is 2.39. The molecule has 0 amide bonds. The lowest BCUT2D eigenvalue weighted by Gasteiger charge is -2.06. The van der Waals surface area contributed by atoms with E-state index < -0.39 is 0 Å². The minimum absolute atomic E-state index is 0.204. The highest BCUT2D eigenvalue weighted by Crippen LogP contribution is 2.33. The van der Waals surface area contributed by atoms with Gasteiger partial charge in [-0.3, -0.25) is 5.43 Å². The van der Waals surface area contributed by atoms with Crippen molar-refractivity contribution in [1.29, 1.82) is 0 Å². The SMILES string of the molecule is NC(=S)N/N=C(/c1ccc(Br)cc1)C1CC1. The van der Waals surface area contributed by atoms with Gasteiger partial charge in [0.1, 0.15) is 0 Å². The molecule has 84 valence electrons. The Labute approximate surface area is 108 Å². The van der Waals surface area contributed by atoms with Crippen LogP contribution in [0.1, 0.15) is 18.4 Å². The molecule has 0 radical (unpaired) electrons. The van der Waals surface area contributed by atoms with Crippen LogP contribution in [0, 0.1) is 5.92 Å². The van der Waals surface area contributed by atoms with E-state index >= 15 is 0 Å². The number of nitrogens with zero attached hydrogens (tertiary/aromatic N) is 1. The number of nitrogens with two attached hydrogens (primary N) is 1. The highest BCUT2D eigenvalue weighted by Gasteiger charge is 2.28. The maximum atomic E-state index is 5.37. The van der Waals surface area contributed by atoms with Gasteiger partial charge in [-0.15, -0.1) is 0 Å². The lowest BCUT2D eigenvalue weighted by Crippen LogP contribution is -2.26. The molecule has 0 saturated heterocycles. The topological polar surface area (TPSA) is 50.4 Å². The summed E-state index contributed by atoms with van der Waals surface area (Å²) in [5.74, 6) is 0.544. The molecule has 1 saturated carbocycles. The summed E-state index contributed by atoms with van der Waals surface area (Å²) in [7, 11) is 0. The summed E-state index contributed by atoms with van der Waals surface area (Å²) in [6.45, 7) is 0. The van der Waals surface area contributed by atoms with Crippen LogP contribution >= 0.6 is 28.1 Å². The van der Waals surface area contributed by atoms with Crippen molar-refractivity contribution in [3.05, 3.63) is 34.3 Å². The average molecular weight is 298 g/mol. The fourth-order valence-corrected chi connectivity index (χ4v) is 1.79. The van der Waals surface area contributed by atoms with Crippen LogP contribution in [-0.2, 0) is 0 Å². The van der Waals surface area contributed by atoms with E-state index in [4.69, 9.17) is 18.0 Å². The minimum atomic E-state index is 0.204. The first-order chi connectivity index (χ1) is 7.66. The highest BCUT2D eigenvalue weighted by atomic mass is 79.9. The number of thiocarbonyl (C=S) groups is 1. The molecular formula is C11H12BrN3S. The smallest absolute Gasteiger partial charge is 0.184 e. The first-order valence-corrected chi connectivity index (χ1v) is 6.26. The number of hydrogen-bond acceptors (Lipinski definition) is 2. The number of hydrazone groups is 1. The molecule has 1 aromatic rings. The van der Waals surface area contributed by atoms with Crippen molar-refractivity contribution in [3.8, 4) is 0 Å². The van der Waals surface area contributed by atoms with E-state index in [0.29, 0.717) is 5.92 Å². The summed E-state index contributed by atoms with van der Waals surface area (Å²) in [5, 5.41) is 4.47. The Hall–Kier alpha value is -0.940. The molecule has 0 aromatic heterocycles. The van der Waals surface area contributed by atoms with Gasteiger partial charge in [-0.05, 0) is 42.8 Å². The fourth-order valence-electron chi connectivity index (χ4n) is 1.48. The van der Waals surface area contributed by atoms with E-state index in [-0.39, 0.29) is 5.11 Å². The van der Waals surface area contributed by atoms with E-state index in [2.05, 4.69) is 26.5 Å².